The molecule has 0 bridgehead atoms. The zero-order chi connectivity index (χ0) is 19.3. The number of carbonyl (C=O) groups excluding carboxylic acids is 1. The minimum atomic E-state index is -0.299. The number of nitrogens with zero attached hydrogens (tertiary/aromatic N) is 5. The van der Waals surface area contributed by atoms with Gasteiger partial charge in [0.15, 0.2) is 0 Å². The lowest BCUT2D eigenvalue weighted by atomic mass is 10.1. The topological polar surface area (TPSA) is 99.2 Å². The highest BCUT2D eigenvalue weighted by molar-refractivity contribution is 5.98. The average molecular weight is 370 g/mol. The quantitative estimate of drug-likeness (QED) is 0.866. The first kappa shape index (κ1) is 17.9. The number of fused-ring (bicyclic) bond motifs is 1. The molecule has 1 aliphatic heterocycles. The van der Waals surface area contributed by atoms with Gasteiger partial charge in [-0.25, -0.2) is 9.97 Å². The summed E-state index contributed by atoms with van der Waals surface area (Å²) in [5, 5.41) is 4.30. The van der Waals surface area contributed by atoms with Crippen molar-refractivity contribution in [3.63, 3.8) is 0 Å². The summed E-state index contributed by atoms with van der Waals surface area (Å²) in [7, 11) is 0. The lowest BCUT2D eigenvalue weighted by molar-refractivity contribution is -0.118. The molecular weight excluding hydrogens is 344 g/mol. The molecule has 2 fully saturated rings. The molecule has 1 amide bonds. The van der Waals surface area contributed by atoms with Gasteiger partial charge in [-0.1, -0.05) is 0 Å². The second-order valence-electron chi connectivity index (χ2n) is 8.45. The summed E-state index contributed by atoms with van der Waals surface area (Å²) in [4.78, 5) is 23.3. The number of ether oxygens (including phenoxy) is 1. The fourth-order valence-electron chi connectivity index (χ4n) is 3.46. The first-order valence-electron chi connectivity index (χ1n) is 9.34. The fourth-order valence-corrected chi connectivity index (χ4v) is 3.46. The Balaban J connectivity index is 1.65. The number of piperidine rings is 1. The Kier molecular flexibility index (Phi) is 4.18. The van der Waals surface area contributed by atoms with Gasteiger partial charge in [0.2, 0.25) is 11.9 Å². The predicted octanol–water partition coefficient (Wildman–Crippen LogP) is 2.16. The number of carbonyl (C=O) groups is 1. The average Bonchev–Trinajstić information content (AvgIpc) is 3.14. The molecule has 8 nitrogen and oxygen atoms in total. The number of anilines is 2. The summed E-state index contributed by atoms with van der Waals surface area (Å²) in [5.74, 6) is 1.26. The van der Waals surface area contributed by atoms with E-state index in [1.54, 1.807) is 28.2 Å². The number of aromatic nitrogens is 4. The second kappa shape index (κ2) is 6.30. The van der Waals surface area contributed by atoms with Crippen LogP contribution in [0.5, 0.6) is 0 Å². The van der Waals surface area contributed by atoms with Crippen LogP contribution < -0.4 is 10.6 Å². The van der Waals surface area contributed by atoms with Gasteiger partial charge in [-0.2, -0.15) is 5.10 Å². The third-order valence-electron chi connectivity index (χ3n) is 5.16. The number of nitrogen functional groups attached to an aromatic ring is 1. The van der Waals surface area contributed by atoms with E-state index < -0.39 is 0 Å². The maximum absolute atomic E-state index is 12.4. The van der Waals surface area contributed by atoms with E-state index in [0.29, 0.717) is 30.7 Å². The number of amides is 1. The van der Waals surface area contributed by atoms with Crippen LogP contribution in [0, 0.1) is 11.8 Å². The van der Waals surface area contributed by atoms with Crippen LogP contribution in [0.3, 0.4) is 0 Å². The predicted molar refractivity (Wildman–Crippen MR) is 101 cm³/mol. The molecule has 0 radical (unpaired) electrons. The Morgan fingerprint density at radius 3 is 2.74 bits per heavy atom. The van der Waals surface area contributed by atoms with Crippen LogP contribution in [0.4, 0.5) is 11.6 Å². The molecule has 0 aromatic carbocycles. The van der Waals surface area contributed by atoms with Gasteiger partial charge in [0.25, 0.3) is 0 Å². The zero-order valence-electron chi connectivity index (χ0n) is 16.2. The van der Waals surface area contributed by atoms with Gasteiger partial charge in [-0.05, 0) is 40.0 Å². The highest BCUT2D eigenvalue weighted by Gasteiger charge is 2.53. The van der Waals surface area contributed by atoms with Crippen LogP contribution in [0.1, 0.15) is 51.4 Å². The summed E-state index contributed by atoms with van der Waals surface area (Å²) in [5.41, 5.74) is 7.78. The molecule has 1 saturated heterocycles. The van der Waals surface area contributed by atoms with Gasteiger partial charge >= 0.3 is 0 Å². The van der Waals surface area contributed by atoms with Crippen LogP contribution in [-0.4, -0.2) is 37.8 Å². The first-order chi connectivity index (χ1) is 12.7. The third-order valence-corrected chi connectivity index (χ3v) is 5.16. The van der Waals surface area contributed by atoms with Gasteiger partial charge in [-0.3, -0.25) is 14.4 Å². The van der Waals surface area contributed by atoms with E-state index in [1.165, 1.54) is 0 Å². The molecule has 2 N–H and O–H groups in total. The molecule has 3 atom stereocenters. The summed E-state index contributed by atoms with van der Waals surface area (Å²) in [6.45, 7) is 9.08. The lowest BCUT2D eigenvalue weighted by Crippen LogP contribution is -2.30. The molecular formula is C19H26N6O2. The number of rotatable bonds is 5. The van der Waals surface area contributed by atoms with Gasteiger partial charge in [0.05, 0.1) is 35.8 Å². The van der Waals surface area contributed by atoms with E-state index >= 15 is 0 Å². The van der Waals surface area contributed by atoms with Gasteiger partial charge in [-0.15, -0.1) is 0 Å². The molecule has 2 aromatic rings. The summed E-state index contributed by atoms with van der Waals surface area (Å²) in [6, 6.07) is -0.0994. The summed E-state index contributed by atoms with van der Waals surface area (Å²) < 4.78 is 7.76. The lowest BCUT2D eigenvalue weighted by Gasteiger charge is -2.23. The highest BCUT2D eigenvalue weighted by atomic mass is 16.5. The van der Waals surface area contributed by atoms with E-state index in [1.807, 2.05) is 27.7 Å². The maximum atomic E-state index is 12.4. The highest BCUT2D eigenvalue weighted by Crippen LogP contribution is 2.46. The molecule has 0 spiro atoms. The van der Waals surface area contributed by atoms with E-state index in [4.69, 9.17) is 15.5 Å². The molecule has 144 valence electrons. The van der Waals surface area contributed by atoms with Crippen molar-refractivity contribution in [2.75, 3.05) is 17.2 Å². The molecule has 2 aromatic heterocycles. The van der Waals surface area contributed by atoms with Gasteiger partial charge in [0.1, 0.15) is 0 Å². The standard InChI is InChI=1S/C19H26N6O2/c1-11(25-9-13(20)6-22-25)15-7-21-18(23-16(15)10-27-19(2,3)4)24-8-12-5-14(12)17(24)26/h6-7,9,11-12,14H,5,8,10,20H2,1-4H3. The Bertz CT molecular complexity index is 871. The molecule has 1 aliphatic carbocycles. The SMILES string of the molecule is CC(c1cnc(N2CC3CC3C2=O)nc1COC(C)(C)C)n1cc(N)cn1. The van der Waals surface area contributed by atoms with Crippen molar-refractivity contribution in [1.29, 1.82) is 0 Å². The number of hydrogen-bond donors (Lipinski definition) is 1. The Labute approximate surface area is 158 Å². The van der Waals surface area contributed by atoms with Gasteiger partial charge < -0.3 is 10.5 Å². The van der Waals surface area contributed by atoms with Crippen LogP contribution in [-0.2, 0) is 16.1 Å². The van der Waals surface area contributed by atoms with E-state index in [-0.39, 0.29) is 23.5 Å². The van der Waals surface area contributed by atoms with Crippen LogP contribution in [0.2, 0.25) is 0 Å². The Morgan fingerprint density at radius 2 is 2.15 bits per heavy atom. The Morgan fingerprint density at radius 1 is 1.37 bits per heavy atom. The van der Waals surface area contributed by atoms with Crippen molar-refractivity contribution in [3.8, 4) is 0 Å². The van der Waals surface area contributed by atoms with Crippen LogP contribution >= 0.6 is 0 Å². The molecule has 3 unspecified atom stereocenters. The van der Waals surface area contributed by atoms with Crippen molar-refractivity contribution < 1.29 is 9.53 Å². The first-order valence-corrected chi connectivity index (χ1v) is 9.34. The third kappa shape index (κ3) is 3.53. The monoisotopic (exact) mass is 370 g/mol. The second-order valence-corrected chi connectivity index (χ2v) is 8.45. The van der Waals surface area contributed by atoms with E-state index in [0.717, 1.165) is 17.7 Å². The van der Waals surface area contributed by atoms with Crippen molar-refractivity contribution in [2.24, 2.45) is 11.8 Å². The molecule has 27 heavy (non-hydrogen) atoms. The van der Waals surface area contributed by atoms with Crippen molar-refractivity contribution >= 4 is 17.5 Å². The number of nitrogens with two attached hydrogens (primary N) is 1. The van der Waals surface area contributed by atoms with Crippen molar-refractivity contribution in [1.82, 2.24) is 19.7 Å². The summed E-state index contributed by atoms with van der Waals surface area (Å²) in [6.07, 6.45) is 6.19. The molecule has 4 rings (SSSR count). The molecule has 8 heteroatoms. The minimum Gasteiger partial charge on any atom is -0.396 e. The smallest absolute Gasteiger partial charge is 0.232 e. The van der Waals surface area contributed by atoms with Crippen LogP contribution in [0.15, 0.2) is 18.6 Å². The van der Waals surface area contributed by atoms with E-state index in [2.05, 4.69) is 10.1 Å². The van der Waals surface area contributed by atoms with Crippen LogP contribution in [0.25, 0.3) is 0 Å². The largest absolute Gasteiger partial charge is 0.396 e. The molecule has 1 saturated carbocycles. The molecule has 2 aliphatic rings. The number of hydrogen-bond acceptors (Lipinski definition) is 6. The minimum absolute atomic E-state index is 0.0994. The van der Waals surface area contributed by atoms with E-state index in [9.17, 15) is 4.79 Å². The normalized spacial score (nSPS) is 22.8. The fraction of sp³-hybridized carbons (Fsp3) is 0.579. The van der Waals surface area contributed by atoms with Gasteiger partial charge in [0, 0.05) is 30.4 Å². The van der Waals surface area contributed by atoms with Crippen molar-refractivity contribution in [2.45, 2.75) is 52.4 Å². The maximum Gasteiger partial charge on any atom is 0.232 e. The molecule has 3 heterocycles. The summed E-state index contributed by atoms with van der Waals surface area (Å²) >= 11 is 0. The zero-order valence-corrected chi connectivity index (χ0v) is 16.2. The Hall–Kier alpha value is -2.48. The van der Waals surface area contributed by atoms with Crippen molar-refractivity contribution in [3.05, 3.63) is 29.8 Å².